The summed E-state index contributed by atoms with van der Waals surface area (Å²) in [5, 5.41) is 0. The average Bonchev–Trinajstić information content (AvgIpc) is 2.68. The second-order valence-corrected chi connectivity index (χ2v) is 6.69. The molecule has 0 saturated heterocycles. The summed E-state index contributed by atoms with van der Waals surface area (Å²) in [7, 11) is 1.71. The van der Waals surface area contributed by atoms with Crippen molar-refractivity contribution in [1.82, 2.24) is 4.90 Å². The Hall–Kier alpha value is -2.97. The van der Waals surface area contributed by atoms with Gasteiger partial charge in [-0.3, -0.25) is 0 Å². The van der Waals surface area contributed by atoms with Gasteiger partial charge in [-0.25, -0.2) is 18.6 Å². The Labute approximate surface area is 171 Å². The number of aryl methyl sites for hydroxylation is 1. The first-order valence-corrected chi connectivity index (χ1v) is 9.03. The molecule has 0 radical (unpaired) electrons. The Morgan fingerprint density at radius 3 is 2.40 bits per heavy atom. The summed E-state index contributed by atoms with van der Waals surface area (Å²) in [6, 6.07) is 4.72. The lowest BCUT2D eigenvalue weighted by molar-refractivity contribution is -0.138. The van der Waals surface area contributed by atoms with Crippen LogP contribution < -0.4 is 0 Å². The molecule has 0 unspecified atom stereocenters. The van der Waals surface area contributed by atoms with E-state index in [9.17, 15) is 26.7 Å². The van der Waals surface area contributed by atoms with Crippen molar-refractivity contribution in [1.29, 1.82) is 0 Å². The highest BCUT2D eigenvalue weighted by Gasteiger charge is 2.38. The molecule has 0 fully saturated rings. The lowest BCUT2D eigenvalue weighted by Crippen LogP contribution is -2.18. The van der Waals surface area contributed by atoms with E-state index in [0.29, 0.717) is 6.54 Å². The normalized spacial score (nSPS) is 11.8. The van der Waals surface area contributed by atoms with Gasteiger partial charge in [-0.15, -0.1) is 0 Å². The summed E-state index contributed by atoms with van der Waals surface area (Å²) < 4.78 is 73.4. The van der Waals surface area contributed by atoms with Gasteiger partial charge < -0.3 is 9.64 Å². The van der Waals surface area contributed by atoms with E-state index >= 15 is 0 Å². The number of benzene rings is 2. The van der Waals surface area contributed by atoms with Gasteiger partial charge in [0.15, 0.2) is 11.6 Å². The third-order valence-corrected chi connectivity index (χ3v) is 4.55. The fourth-order valence-electron chi connectivity index (χ4n) is 2.64. The highest BCUT2D eigenvalue weighted by atomic mass is 19.4. The molecule has 0 atom stereocenters. The summed E-state index contributed by atoms with van der Waals surface area (Å²) in [5.41, 5.74) is -2.33. The van der Waals surface area contributed by atoms with Crippen LogP contribution in [0.1, 0.15) is 39.5 Å². The molecule has 4 nitrogen and oxygen atoms in total. The number of carbonyl (C=O) groups excluding carboxylic acids is 1. The van der Waals surface area contributed by atoms with E-state index in [1.165, 1.54) is 38.4 Å². The molecule has 0 bridgehead atoms. The van der Waals surface area contributed by atoms with Gasteiger partial charge in [0, 0.05) is 19.2 Å². The first-order chi connectivity index (χ1) is 14.0. The number of hydrogen-bond acceptors (Lipinski definition) is 3. The van der Waals surface area contributed by atoms with Gasteiger partial charge in [-0.1, -0.05) is 12.1 Å². The monoisotopic (exact) mass is 428 g/mol. The minimum absolute atomic E-state index is 0.0471. The molecule has 0 amide bonds. The first kappa shape index (κ1) is 23.3. The maximum absolute atomic E-state index is 13.9. The van der Waals surface area contributed by atoms with Gasteiger partial charge in [0.2, 0.25) is 0 Å². The van der Waals surface area contributed by atoms with Crippen molar-refractivity contribution in [3.05, 3.63) is 63.7 Å². The van der Waals surface area contributed by atoms with Gasteiger partial charge in [0.1, 0.15) is 6.61 Å². The summed E-state index contributed by atoms with van der Waals surface area (Å²) in [4.78, 5) is 18.0. The quantitative estimate of drug-likeness (QED) is 0.262. The summed E-state index contributed by atoms with van der Waals surface area (Å²) >= 11 is 0. The molecule has 30 heavy (non-hydrogen) atoms. The number of carbonyl (C=O) groups is 1. The third-order valence-electron chi connectivity index (χ3n) is 4.55. The summed E-state index contributed by atoms with van der Waals surface area (Å²) in [6.45, 7) is 4.30. The number of alkyl halides is 3. The molecular weight excluding hydrogens is 407 g/mol. The molecule has 0 aromatic heterocycles. The Balaban J connectivity index is 2.36. The van der Waals surface area contributed by atoms with Gasteiger partial charge in [-0.2, -0.15) is 13.2 Å². The van der Waals surface area contributed by atoms with Crippen molar-refractivity contribution in [3.63, 3.8) is 0 Å². The van der Waals surface area contributed by atoms with Gasteiger partial charge in [0.25, 0.3) is 0 Å². The molecule has 0 aliphatic heterocycles. The smallest absolute Gasteiger partial charge is 0.417 e. The number of hydrogen-bond donors (Lipinski definition) is 0. The van der Waals surface area contributed by atoms with Crippen LogP contribution in [0.25, 0.3) is 0 Å². The summed E-state index contributed by atoms with van der Waals surface area (Å²) in [5.74, 6) is -3.61. The Kier molecular flexibility index (Phi) is 7.17. The topological polar surface area (TPSA) is 41.9 Å². The molecule has 162 valence electrons. The molecule has 9 heteroatoms. The summed E-state index contributed by atoms with van der Waals surface area (Å²) in [6.07, 6.45) is -3.46. The maximum atomic E-state index is 13.9. The van der Waals surface area contributed by atoms with E-state index in [-0.39, 0.29) is 22.4 Å². The van der Waals surface area contributed by atoms with E-state index in [4.69, 9.17) is 4.74 Å². The zero-order chi connectivity index (χ0) is 22.6. The Bertz CT molecular complexity index is 971. The van der Waals surface area contributed by atoms with Crippen molar-refractivity contribution < 1.29 is 31.5 Å². The van der Waals surface area contributed by atoms with E-state index in [1.807, 2.05) is 6.92 Å². The molecule has 2 aromatic rings. The predicted molar refractivity (Wildman–Crippen MR) is 103 cm³/mol. The second-order valence-electron chi connectivity index (χ2n) is 6.69. The zero-order valence-electron chi connectivity index (χ0n) is 16.9. The van der Waals surface area contributed by atoms with Crippen molar-refractivity contribution in [2.75, 3.05) is 13.6 Å². The molecule has 0 aliphatic rings. The van der Waals surface area contributed by atoms with E-state index in [2.05, 4.69) is 4.99 Å². The number of halogens is 5. The van der Waals surface area contributed by atoms with Gasteiger partial charge in [-0.05, 0) is 44.0 Å². The lowest BCUT2D eigenvalue weighted by Gasteiger charge is -2.17. The van der Waals surface area contributed by atoms with E-state index in [1.54, 1.807) is 11.9 Å². The highest BCUT2D eigenvalue weighted by Crippen LogP contribution is 2.38. The average molecular weight is 428 g/mol. The minimum Gasteiger partial charge on any atom is -0.457 e. The molecule has 2 rings (SSSR count). The van der Waals surface area contributed by atoms with Crippen molar-refractivity contribution in [2.24, 2.45) is 4.99 Å². The van der Waals surface area contributed by atoms with Crippen LogP contribution in [0.2, 0.25) is 0 Å². The number of esters is 1. The Morgan fingerprint density at radius 1 is 1.13 bits per heavy atom. The second kappa shape index (κ2) is 9.23. The predicted octanol–water partition coefficient (Wildman–Crippen LogP) is 5.57. The van der Waals surface area contributed by atoms with Crippen LogP contribution in [0.3, 0.4) is 0 Å². The molecule has 2 aromatic carbocycles. The number of nitrogens with zero attached hydrogens (tertiary/aromatic N) is 2. The Morgan fingerprint density at radius 2 is 1.80 bits per heavy atom. The van der Waals surface area contributed by atoms with Gasteiger partial charge >= 0.3 is 12.1 Å². The van der Waals surface area contributed by atoms with Crippen LogP contribution in [-0.2, 0) is 17.5 Å². The zero-order valence-corrected chi connectivity index (χ0v) is 16.9. The molecule has 0 N–H and O–H groups in total. The maximum Gasteiger partial charge on any atom is 0.417 e. The van der Waals surface area contributed by atoms with Crippen molar-refractivity contribution >= 4 is 18.0 Å². The van der Waals surface area contributed by atoms with Crippen LogP contribution in [0.4, 0.5) is 27.6 Å². The number of aliphatic imine (C=N–C) groups is 1. The molecule has 0 heterocycles. The van der Waals surface area contributed by atoms with Crippen LogP contribution in [-0.4, -0.2) is 30.8 Å². The first-order valence-electron chi connectivity index (χ1n) is 9.03. The van der Waals surface area contributed by atoms with Crippen molar-refractivity contribution in [2.45, 2.75) is 33.6 Å². The van der Waals surface area contributed by atoms with Crippen LogP contribution in [0, 0.1) is 25.5 Å². The minimum atomic E-state index is -4.85. The fourth-order valence-corrected chi connectivity index (χ4v) is 2.64. The molecule has 0 spiro atoms. The van der Waals surface area contributed by atoms with E-state index < -0.39 is 41.5 Å². The SMILES string of the molecule is CCN(C)/C=N/c1ccc(C(=O)OCc2ccc(C)c(F)c2F)c(C(F)(F)F)c1C. The lowest BCUT2D eigenvalue weighted by atomic mass is 9.99. The third kappa shape index (κ3) is 5.14. The van der Waals surface area contributed by atoms with Crippen LogP contribution in [0.15, 0.2) is 29.3 Å². The van der Waals surface area contributed by atoms with Crippen LogP contribution in [0.5, 0.6) is 0 Å². The molecule has 0 aliphatic carbocycles. The van der Waals surface area contributed by atoms with Gasteiger partial charge in [0.05, 0.1) is 23.2 Å². The van der Waals surface area contributed by atoms with E-state index in [0.717, 1.165) is 6.07 Å². The standard InChI is InChI=1S/C21H21F5N2O2/c1-5-28(4)11-27-16-9-8-15(17(13(16)3)21(24,25)26)20(29)30-10-14-7-6-12(2)18(22)19(14)23/h6-9,11H,5,10H2,1-4H3/b27-11+. The number of rotatable bonds is 6. The largest absolute Gasteiger partial charge is 0.457 e. The van der Waals surface area contributed by atoms with Crippen LogP contribution >= 0.6 is 0 Å². The fraction of sp³-hybridized carbons (Fsp3) is 0.333. The molecular formula is C21H21F5N2O2. The molecule has 0 saturated carbocycles. The number of ether oxygens (including phenoxy) is 1. The van der Waals surface area contributed by atoms with Crippen molar-refractivity contribution in [3.8, 4) is 0 Å². The highest BCUT2D eigenvalue weighted by molar-refractivity contribution is 5.92.